The molecule has 10 nitrogen and oxygen atoms in total. The van der Waals surface area contributed by atoms with Gasteiger partial charge in [0.05, 0.1) is 25.4 Å². The molecule has 0 bridgehead atoms. The van der Waals surface area contributed by atoms with Gasteiger partial charge >= 0.3 is 6.09 Å². The average Bonchev–Trinajstić information content (AvgIpc) is 3.59. The predicted molar refractivity (Wildman–Crippen MR) is 162 cm³/mol. The highest BCUT2D eigenvalue weighted by Gasteiger charge is 2.33. The van der Waals surface area contributed by atoms with Gasteiger partial charge in [-0.05, 0) is 56.8 Å². The molecule has 2 atom stereocenters. The number of benzene rings is 2. The van der Waals surface area contributed by atoms with Gasteiger partial charge < -0.3 is 45.2 Å². The topological polar surface area (TPSA) is 151 Å². The molecule has 2 aromatic rings. The first-order valence-electron chi connectivity index (χ1n) is 13.7. The fraction of sp³-hybridized carbons (Fsp3) is 0.516. The standard InChI is InChI=1S/C16H26N2O3.C7H9N.C6H10O2.2CH2O/c1-12(2)10-18(3)11-15(19)14(17-16(20)21)9-13-7-5-4-6-8-13;1-6-2-4-7(8)5-3-6;1-3-7-6-5(1)2-4-8-6;2*1-2/h4-8,12,14-15,17,19H,9-11H2,1-3H3,(H,20,21);2-5H,8H2,1H3;5-6H,1-4H2;2*1H2. The molecule has 0 radical (unpaired) electrons. The Balaban J connectivity index is 0.000000647. The summed E-state index contributed by atoms with van der Waals surface area (Å²) in [5.41, 5.74) is 8.51. The second-order valence-electron chi connectivity index (χ2n) is 10.3. The molecule has 41 heavy (non-hydrogen) atoms. The molecule has 1 amide bonds. The van der Waals surface area contributed by atoms with E-state index in [1.165, 1.54) is 18.4 Å². The van der Waals surface area contributed by atoms with E-state index in [2.05, 4.69) is 19.2 Å². The number of aliphatic hydroxyl groups excluding tert-OH is 1. The van der Waals surface area contributed by atoms with Crippen molar-refractivity contribution in [1.29, 1.82) is 0 Å². The van der Waals surface area contributed by atoms with Crippen LogP contribution in [0.25, 0.3) is 0 Å². The number of amides is 1. The molecule has 0 saturated carbocycles. The largest absolute Gasteiger partial charge is 0.465 e. The number of nitrogen functional groups attached to an aromatic ring is 1. The molecule has 2 heterocycles. The summed E-state index contributed by atoms with van der Waals surface area (Å²) in [6.07, 6.45) is 1.22. The Labute approximate surface area is 244 Å². The number of carboxylic acid groups (broad SMARTS) is 1. The second-order valence-corrected chi connectivity index (χ2v) is 10.3. The number of fused-ring (bicyclic) bond motifs is 1. The van der Waals surface area contributed by atoms with E-state index in [1.54, 1.807) is 0 Å². The van der Waals surface area contributed by atoms with E-state index in [0.717, 1.165) is 36.9 Å². The third-order valence-corrected chi connectivity index (χ3v) is 6.25. The maximum absolute atomic E-state index is 10.9. The van der Waals surface area contributed by atoms with Gasteiger partial charge in [0.1, 0.15) is 13.6 Å². The maximum atomic E-state index is 10.9. The quantitative estimate of drug-likeness (QED) is 0.345. The van der Waals surface area contributed by atoms with E-state index in [-0.39, 0.29) is 6.29 Å². The average molecular weight is 576 g/mol. The van der Waals surface area contributed by atoms with Crippen LogP contribution in [0.3, 0.4) is 0 Å². The fourth-order valence-electron chi connectivity index (χ4n) is 4.43. The fourth-order valence-corrected chi connectivity index (χ4v) is 4.43. The minimum atomic E-state index is -1.11. The molecule has 2 saturated heterocycles. The second kappa shape index (κ2) is 22.4. The number of aryl methyl sites for hydroxylation is 1. The maximum Gasteiger partial charge on any atom is 0.404 e. The normalized spacial score (nSPS) is 18.0. The molecule has 10 heteroatoms. The van der Waals surface area contributed by atoms with Crippen molar-refractivity contribution in [3.63, 3.8) is 0 Å². The van der Waals surface area contributed by atoms with Crippen LogP contribution in [0.5, 0.6) is 0 Å². The van der Waals surface area contributed by atoms with Crippen LogP contribution < -0.4 is 11.1 Å². The summed E-state index contributed by atoms with van der Waals surface area (Å²) in [7, 11) is 1.93. The highest BCUT2D eigenvalue weighted by molar-refractivity contribution is 5.65. The number of nitrogens with one attached hydrogen (secondary N) is 1. The Kier molecular flexibility index (Phi) is 20.6. The van der Waals surface area contributed by atoms with Gasteiger partial charge in [0.25, 0.3) is 0 Å². The summed E-state index contributed by atoms with van der Waals surface area (Å²) in [5.74, 6) is 1.23. The van der Waals surface area contributed by atoms with Crippen molar-refractivity contribution in [2.24, 2.45) is 11.8 Å². The van der Waals surface area contributed by atoms with Crippen LogP contribution >= 0.6 is 0 Å². The first kappa shape index (κ1) is 37.7. The summed E-state index contributed by atoms with van der Waals surface area (Å²) in [4.78, 5) is 29.0. The van der Waals surface area contributed by atoms with Crippen molar-refractivity contribution in [1.82, 2.24) is 10.2 Å². The lowest BCUT2D eigenvalue weighted by Gasteiger charge is -2.28. The lowest BCUT2D eigenvalue weighted by Crippen LogP contribution is -2.49. The first-order valence-corrected chi connectivity index (χ1v) is 13.7. The molecule has 0 spiro atoms. The van der Waals surface area contributed by atoms with Crippen LogP contribution in [0.4, 0.5) is 10.5 Å². The van der Waals surface area contributed by atoms with E-state index in [1.807, 2.05) is 87.0 Å². The zero-order valence-electron chi connectivity index (χ0n) is 24.9. The molecule has 0 aromatic heterocycles. The smallest absolute Gasteiger partial charge is 0.404 e. The number of nitrogens with two attached hydrogens (primary N) is 1. The molecule has 4 rings (SSSR count). The Hall–Kier alpha value is -3.31. The third kappa shape index (κ3) is 17.2. The number of ether oxygens (including phenoxy) is 2. The number of rotatable bonds is 8. The van der Waals surface area contributed by atoms with Crippen molar-refractivity contribution in [2.75, 3.05) is 39.1 Å². The SMILES string of the molecule is C1CC2CCOC2O1.C=O.C=O.CC(C)CN(C)CC(O)C(Cc1ccccc1)NC(=O)O.Cc1ccc(N)cc1. The number of hydrogen-bond acceptors (Lipinski definition) is 8. The summed E-state index contributed by atoms with van der Waals surface area (Å²) >= 11 is 0. The summed E-state index contributed by atoms with van der Waals surface area (Å²) < 4.78 is 10.5. The van der Waals surface area contributed by atoms with Gasteiger partial charge in [0, 0.05) is 24.7 Å². The van der Waals surface area contributed by atoms with E-state index in [4.69, 9.17) is 29.9 Å². The number of carbonyl (C=O) groups excluding carboxylic acids is 2. The van der Waals surface area contributed by atoms with E-state index >= 15 is 0 Å². The van der Waals surface area contributed by atoms with Crippen LogP contribution in [0, 0.1) is 18.8 Å². The van der Waals surface area contributed by atoms with Gasteiger partial charge in [-0.2, -0.15) is 0 Å². The van der Waals surface area contributed by atoms with Crippen LogP contribution in [-0.2, 0) is 25.5 Å². The lowest BCUT2D eigenvalue weighted by molar-refractivity contribution is -0.0987. The molecule has 230 valence electrons. The minimum absolute atomic E-state index is 0.176. The van der Waals surface area contributed by atoms with Crippen molar-refractivity contribution >= 4 is 25.4 Å². The Morgan fingerprint density at radius 2 is 1.54 bits per heavy atom. The molecular formula is C31H49N3O7. The number of hydrogen-bond donors (Lipinski definition) is 4. The Morgan fingerprint density at radius 1 is 1.00 bits per heavy atom. The van der Waals surface area contributed by atoms with E-state index in [9.17, 15) is 9.90 Å². The van der Waals surface area contributed by atoms with Crippen molar-refractivity contribution in [3.05, 3.63) is 65.7 Å². The molecule has 2 fully saturated rings. The van der Waals surface area contributed by atoms with Crippen molar-refractivity contribution in [3.8, 4) is 0 Å². The van der Waals surface area contributed by atoms with Gasteiger partial charge in [0.15, 0.2) is 6.29 Å². The molecule has 0 aliphatic carbocycles. The number of carbonyl (C=O) groups is 3. The highest BCUT2D eigenvalue weighted by Crippen LogP contribution is 2.30. The zero-order valence-corrected chi connectivity index (χ0v) is 24.9. The van der Waals surface area contributed by atoms with Gasteiger partial charge in [0.2, 0.25) is 0 Å². The molecule has 2 aromatic carbocycles. The third-order valence-electron chi connectivity index (χ3n) is 6.25. The molecule has 2 aliphatic heterocycles. The monoisotopic (exact) mass is 575 g/mol. The summed E-state index contributed by atoms with van der Waals surface area (Å²) in [5, 5.41) is 21.7. The lowest BCUT2D eigenvalue weighted by atomic mass is 10.0. The van der Waals surface area contributed by atoms with Gasteiger partial charge in [-0.1, -0.05) is 61.9 Å². The highest BCUT2D eigenvalue weighted by atomic mass is 16.7. The number of aliphatic hydroxyl groups is 1. The Morgan fingerprint density at radius 3 is 1.98 bits per heavy atom. The van der Waals surface area contributed by atoms with E-state index < -0.39 is 18.2 Å². The first-order chi connectivity index (χ1) is 19.6. The molecule has 2 unspecified atom stereocenters. The summed E-state index contributed by atoms with van der Waals surface area (Å²) in [6, 6.07) is 16.9. The number of anilines is 1. The van der Waals surface area contributed by atoms with Gasteiger partial charge in [-0.3, -0.25) is 0 Å². The van der Waals surface area contributed by atoms with Crippen molar-refractivity contribution < 1.29 is 34.1 Å². The van der Waals surface area contributed by atoms with Gasteiger partial charge in [-0.15, -0.1) is 0 Å². The number of likely N-dealkylation sites (N-methyl/N-ethyl adjacent to an activating group) is 1. The molecular weight excluding hydrogens is 526 g/mol. The predicted octanol–water partition coefficient (Wildman–Crippen LogP) is 3.79. The number of nitrogens with zero attached hydrogens (tertiary/aromatic N) is 1. The van der Waals surface area contributed by atoms with Crippen LogP contribution in [0.2, 0.25) is 0 Å². The van der Waals surface area contributed by atoms with Gasteiger partial charge in [-0.25, -0.2) is 4.79 Å². The molecule has 2 aliphatic rings. The molecule has 5 N–H and O–H groups in total. The van der Waals surface area contributed by atoms with Crippen LogP contribution in [-0.4, -0.2) is 86.6 Å². The zero-order chi connectivity index (χ0) is 31.2. The minimum Gasteiger partial charge on any atom is -0.465 e. The summed E-state index contributed by atoms with van der Waals surface area (Å²) in [6.45, 7) is 13.4. The van der Waals surface area contributed by atoms with Crippen molar-refractivity contribution in [2.45, 2.75) is 58.5 Å². The van der Waals surface area contributed by atoms with Crippen LogP contribution in [0.1, 0.15) is 37.8 Å². The Bertz CT molecular complexity index is 888. The van der Waals surface area contributed by atoms with Crippen LogP contribution in [0.15, 0.2) is 54.6 Å². The van der Waals surface area contributed by atoms with E-state index in [0.29, 0.717) is 18.9 Å².